The van der Waals surface area contributed by atoms with Crippen LogP contribution in [0.15, 0.2) is 39.6 Å². The molecule has 2 aromatic rings. The number of benzene rings is 1. The molecule has 6 nitrogen and oxygen atoms in total. The number of ether oxygens (including phenoxy) is 1. The number of H-pyrrole nitrogens is 1. The van der Waals surface area contributed by atoms with Gasteiger partial charge in [0.15, 0.2) is 0 Å². The normalized spacial score (nSPS) is 20.5. The lowest BCUT2D eigenvalue weighted by atomic mass is 9.84. The second-order valence-corrected chi connectivity index (χ2v) is 8.30. The summed E-state index contributed by atoms with van der Waals surface area (Å²) in [7, 11) is 1.41. The second-order valence-electron chi connectivity index (χ2n) is 8.30. The molecule has 6 heteroatoms. The van der Waals surface area contributed by atoms with Crippen molar-refractivity contribution in [2.24, 2.45) is 0 Å². The Bertz CT molecular complexity index is 829. The topological polar surface area (TPSA) is 75.5 Å². The second kappa shape index (κ2) is 7.62. The van der Waals surface area contributed by atoms with E-state index in [1.807, 2.05) is 0 Å². The maximum Gasteiger partial charge on any atom is 0.409 e. The highest BCUT2D eigenvalue weighted by atomic mass is 16.5. The molecule has 27 heavy (non-hydrogen) atoms. The Hall–Kier alpha value is -2.50. The summed E-state index contributed by atoms with van der Waals surface area (Å²) < 4.78 is 10.3. The number of piperidine rings is 1. The van der Waals surface area contributed by atoms with Gasteiger partial charge < -0.3 is 14.2 Å². The Morgan fingerprint density at radius 3 is 2.56 bits per heavy atom. The highest BCUT2D eigenvalue weighted by molar-refractivity contribution is 5.68. The van der Waals surface area contributed by atoms with Gasteiger partial charge >= 0.3 is 6.09 Å². The predicted molar refractivity (Wildman–Crippen MR) is 103 cm³/mol. The van der Waals surface area contributed by atoms with Crippen molar-refractivity contribution in [3.8, 4) is 0 Å². The van der Waals surface area contributed by atoms with E-state index >= 15 is 0 Å². The van der Waals surface area contributed by atoms with Crippen molar-refractivity contribution in [1.82, 2.24) is 10.1 Å². The molecule has 1 aliphatic heterocycles. The first kappa shape index (κ1) is 19.3. The molecule has 1 aliphatic rings. The number of hydrogen-bond donors (Lipinski definition) is 1. The molecule has 2 heterocycles. The molecule has 146 valence electrons. The summed E-state index contributed by atoms with van der Waals surface area (Å²) in [4.78, 5) is 25.4. The number of carbonyl (C=O) groups is 1. The van der Waals surface area contributed by atoms with Crippen LogP contribution in [0.5, 0.6) is 0 Å². The van der Waals surface area contributed by atoms with Crippen molar-refractivity contribution < 1.29 is 14.1 Å². The largest absolute Gasteiger partial charge is 0.453 e. The predicted octanol–water partition coefficient (Wildman–Crippen LogP) is 3.82. The Labute approximate surface area is 159 Å². The Kier molecular flexibility index (Phi) is 5.44. The highest BCUT2D eigenvalue weighted by Gasteiger charge is 2.34. The molecule has 0 aliphatic carbocycles. The third-order valence-electron chi connectivity index (χ3n) is 5.36. The molecule has 3 rings (SSSR count). The van der Waals surface area contributed by atoms with Gasteiger partial charge in [0, 0.05) is 24.6 Å². The van der Waals surface area contributed by atoms with Crippen molar-refractivity contribution in [2.45, 2.75) is 57.4 Å². The fraction of sp³-hybridized carbons (Fsp3) is 0.524. The van der Waals surface area contributed by atoms with Crippen LogP contribution in [0.1, 0.15) is 56.4 Å². The van der Waals surface area contributed by atoms with Gasteiger partial charge in [-0.15, -0.1) is 0 Å². The first-order valence-corrected chi connectivity index (χ1v) is 9.40. The first-order valence-electron chi connectivity index (χ1n) is 9.40. The van der Waals surface area contributed by atoms with Crippen LogP contribution in [-0.4, -0.2) is 35.8 Å². The molecule has 2 atom stereocenters. The van der Waals surface area contributed by atoms with Gasteiger partial charge in [-0.05, 0) is 35.8 Å². The van der Waals surface area contributed by atoms with Gasteiger partial charge in [-0.25, -0.2) is 4.79 Å². The number of amides is 1. The van der Waals surface area contributed by atoms with Crippen molar-refractivity contribution in [3.05, 3.63) is 57.6 Å². The van der Waals surface area contributed by atoms with Crippen LogP contribution >= 0.6 is 0 Å². The number of nitrogens with zero attached hydrogens (tertiary/aromatic N) is 1. The molecule has 0 spiro atoms. The Morgan fingerprint density at radius 2 is 2.00 bits per heavy atom. The summed E-state index contributed by atoms with van der Waals surface area (Å²) >= 11 is 0. The smallest absolute Gasteiger partial charge is 0.409 e. The van der Waals surface area contributed by atoms with E-state index < -0.39 is 0 Å². The quantitative estimate of drug-likeness (QED) is 0.889. The molecule has 1 fully saturated rings. The van der Waals surface area contributed by atoms with E-state index in [9.17, 15) is 9.59 Å². The molecular weight excluding hydrogens is 344 g/mol. The van der Waals surface area contributed by atoms with E-state index in [2.05, 4.69) is 50.2 Å². The van der Waals surface area contributed by atoms with Gasteiger partial charge in [0.05, 0.1) is 7.11 Å². The summed E-state index contributed by atoms with van der Waals surface area (Å²) in [5.74, 6) is 0.779. The van der Waals surface area contributed by atoms with E-state index in [1.165, 1.54) is 24.3 Å². The number of methoxy groups -OCH3 is 1. The summed E-state index contributed by atoms with van der Waals surface area (Å²) in [6, 6.07) is 10.1. The standard InChI is InChI=1S/C21H28N2O4/c1-21(2,3)16-7-5-14(6-8-16)11-17-12-15(18-13-19(24)22-27-18)9-10-23(17)20(25)26-4/h5-8,13,15,17H,9-12H2,1-4H3,(H,22,24)/t15-,17+/m0/s1. The number of nitrogens with one attached hydrogen (secondary N) is 1. The van der Waals surface area contributed by atoms with Crippen LogP contribution in [0, 0.1) is 0 Å². The van der Waals surface area contributed by atoms with E-state index in [0.29, 0.717) is 12.3 Å². The van der Waals surface area contributed by atoms with Crippen LogP contribution in [0.4, 0.5) is 4.79 Å². The average Bonchev–Trinajstić information content (AvgIpc) is 3.07. The van der Waals surface area contributed by atoms with Crippen LogP contribution in [0.3, 0.4) is 0 Å². The highest BCUT2D eigenvalue weighted by Crippen LogP contribution is 2.33. The number of likely N-dealkylation sites (tertiary alicyclic amines) is 1. The maximum absolute atomic E-state index is 12.2. The Balaban J connectivity index is 1.79. The van der Waals surface area contributed by atoms with Gasteiger partial charge in [0.2, 0.25) is 0 Å². The SMILES string of the molecule is COC(=O)N1CC[C@H](c2cc(=O)[nH]o2)C[C@H]1Cc1ccc(C(C)(C)C)cc1. The van der Waals surface area contributed by atoms with Crippen LogP contribution < -0.4 is 5.56 Å². The minimum absolute atomic E-state index is 0.00288. The first-order chi connectivity index (χ1) is 12.8. The average molecular weight is 372 g/mol. The van der Waals surface area contributed by atoms with Crippen LogP contribution in [0.2, 0.25) is 0 Å². The van der Waals surface area contributed by atoms with Crippen molar-refractivity contribution in [3.63, 3.8) is 0 Å². The zero-order valence-corrected chi connectivity index (χ0v) is 16.5. The van der Waals surface area contributed by atoms with Gasteiger partial charge in [-0.3, -0.25) is 4.79 Å². The summed E-state index contributed by atoms with van der Waals surface area (Å²) in [6.07, 6.45) is 1.91. The zero-order valence-electron chi connectivity index (χ0n) is 16.5. The van der Waals surface area contributed by atoms with Gasteiger partial charge in [0.1, 0.15) is 5.76 Å². The van der Waals surface area contributed by atoms with Crippen LogP contribution in [-0.2, 0) is 16.6 Å². The van der Waals surface area contributed by atoms with E-state index in [-0.39, 0.29) is 29.0 Å². The maximum atomic E-state index is 12.2. The van der Waals surface area contributed by atoms with Crippen molar-refractivity contribution >= 4 is 6.09 Å². The fourth-order valence-electron chi connectivity index (χ4n) is 3.77. The zero-order chi connectivity index (χ0) is 19.6. The molecule has 0 unspecified atom stereocenters. The molecule has 0 saturated carbocycles. The lowest BCUT2D eigenvalue weighted by molar-refractivity contribution is 0.0817. The molecule has 1 N–H and O–H groups in total. The molecule has 1 saturated heterocycles. The monoisotopic (exact) mass is 372 g/mol. The lowest BCUT2D eigenvalue weighted by Gasteiger charge is -2.38. The summed E-state index contributed by atoms with van der Waals surface area (Å²) in [5, 5.41) is 2.36. The third kappa shape index (κ3) is 4.43. The lowest BCUT2D eigenvalue weighted by Crippen LogP contribution is -2.46. The van der Waals surface area contributed by atoms with Crippen molar-refractivity contribution in [1.29, 1.82) is 0 Å². The van der Waals surface area contributed by atoms with Crippen molar-refractivity contribution in [2.75, 3.05) is 13.7 Å². The van der Waals surface area contributed by atoms with E-state index in [1.54, 1.807) is 4.90 Å². The fourth-order valence-corrected chi connectivity index (χ4v) is 3.77. The third-order valence-corrected chi connectivity index (χ3v) is 5.36. The number of aromatic nitrogens is 1. The summed E-state index contributed by atoms with van der Waals surface area (Å²) in [5.41, 5.74) is 2.35. The number of hydrogen-bond acceptors (Lipinski definition) is 4. The molecule has 1 amide bonds. The van der Waals surface area contributed by atoms with Gasteiger partial charge in [0.25, 0.3) is 5.56 Å². The number of aromatic amines is 1. The minimum Gasteiger partial charge on any atom is -0.453 e. The number of carbonyl (C=O) groups excluding carboxylic acids is 1. The molecule has 1 aromatic carbocycles. The van der Waals surface area contributed by atoms with Gasteiger partial charge in [-0.1, -0.05) is 45.0 Å². The number of rotatable bonds is 3. The Morgan fingerprint density at radius 1 is 1.30 bits per heavy atom. The van der Waals surface area contributed by atoms with Crippen LogP contribution in [0.25, 0.3) is 0 Å². The summed E-state index contributed by atoms with van der Waals surface area (Å²) in [6.45, 7) is 7.16. The van der Waals surface area contributed by atoms with E-state index in [4.69, 9.17) is 9.26 Å². The molecule has 0 radical (unpaired) electrons. The molecular formula is C21H28N2O4. The van der Waals surface area contributed by atoms with E-state index in [0.717, 1.165) is 19.3 Å². The van der Waals surface area contributed by atoms with Gasteiger partial charge in [-0.2, -0.15) is 5.16 Å². The molecule has 0 bridgehead atoms. The molecule has 1 aromatic heterocycles. The minimum atomic E-state index is -0.305.